The Balaban J connectivity index is 1.83. The van der Waals surface area contributed by atoms with E-state index in [9.17, 15) is 4.79 Å². The average molecular weight is 439 g/mol. The van der Waals surface area contributed by atoms with Crippen molar-refractivity contribution >= 4 is 46.6 Å². The molecule has 0 bridgehead atoms. The summed E-state index contributed by atoms with van der Waals surface area (Å²) in [6.07, 6.45) is 3.32. The Morgan fingerprint density at radius 2 is 1.93 bits per heavy atom. The van der Waals surface area contributed by atoms with Crippen molar-refractivity contribution in [2.75, 3.05) is 44.9 Å². The summed E-state index contributed by atoms with van der Waals surface area (Å²) in [4.78, 5) is 23.3. The van der Waals surface area contributed by atoms with Gasteiger partial charge in [0.15, 0.2) is 0 Å². The zero-order chi connectivity index (χ0) is 21.0. The number of ether oxygens (including phenoxy) is 1. The number of carbonyl (C=O) groups excluding carboxylic acids is 1. The van der Waals surface area contributed by atoms with Crippen LogP contribution in [0.15, 0.2) is 18.3 Å². The number of hydrogen-bond donors (Lipinski definition) is 3. The largest absolute Gasteiger partial charge is 0.496 e. The van der Waals surface area contributed by atoms with Gasteiger partial charge >= 0.3 is 0 Å². The van der Waals surface area contributed by atoms with Crippen molar-refractivity contribution in [2.24, 2.45) is 0 Å². The molecule has 3 N–H and O–H groups in total. The second-order valence-corrected chi connectivity index (χ2v) is 7.47. The lowest BCUT2D eigenvalue weighted by molar-refractivity contribution is 0.0704. The fourth-order valence-corrected chi connectivity index (χ4v) is 3.65. The Bertz CT molecular complexity index is 887. The number of likely N-dealkylation sites (tertiary alicyclic amines) is 1. The number of hydrogen-bond acceptors (Lipinski definition) is 7. The number of carbonyl (C=O) groups is 1. The van der Waals surface area contributed by atoms with Gasteiger partial charge in [0.05, 0.1) is 29.6 Å². The van der Waals surface area contributed by atoms with Gasteiger partial charge in [-0.05, 0) is 26.0 Å². The molecule has 2 heterocycles. The number of anilines is 3. The zero-order valence-electron chi connectivity index (χ0n) is 16.6. The van der Waals surface area contributed by atoms with E-state index in [1.807, 2.05) is 11.9 Å². The van der Waals surface area contributed by atoms with Gasteiger partial charge in [-0.25, -0.2) is 4.98 Å². The highest BCUT2D eigenvalue weighted by atomic mass is 35.5. The molecule has 0 saturated carbocycles. The van der Waals surface area contributed by atoms with E-state index in [1.54, 1.807) is 19.2 Å². The molecule has 1 aromatic carbocycles. The summed E-state index contributed by atoms with van der Waals surface area (Å²) in [5.74, 6) is 1.14. The topological polar surface area (TPSA) is 91.4 Å². The van der Waals surface area contributed by atoms with Crippen molar-refractivity contribution in [1.29, 1.82) is 0 Å². The Morgan fingerprint density at radius 1 is 1.21 bits per heavy atom. The molecular weight excluding hydrogens is 415 g/mol. The molecule has 8 nitrogen and oxygen atoms in total. The van der Waals surface area contributed by atoms with Crippen LogP contribution >= 0.6 is 23.2 Å². The number of rotatable bonds is 6. The minimum absolute atomic E-state index is 0.0925. The fourth-order valence-electron chi connectivity index (χ4n) is 3.25. The first-order chi connectivity index (χ1) is 14.0. The molecule has 1 amide bonds. The summed E-state index contributed by atoms with van der Waals surface area (Å²) in [7, 11) is 5.18. The average Bonchev–Trinajstić information content (AvgIpc) is 2.75. The SMILES string of the molecule is CNc1nc(Nc2cc(OC)c(C(=O)N3CCC(NC)CC3)cc2Cl)ncc1Cl. The van der Waals surface area contributed by atoms with Gasteiger partial charge in [-0.3, -0.25) is 4.79 Å². The minimum Gasteiger partial charge on any atom is -0.496 e. The Kier molecular flexibility index (Phi) is 7.00. The Morgan fingerprint density at radius 3 is 2.55 bits per heavy atom. The predicted octanol–water partition coefficient (Wildman–Crippen LogP) is 3.40. The van der Waals surface area contributed by atoms with Crippen LogP contribution < -0.4 is 20.7 Å². The quantitative estimate of drug-likeness (QED) is 0.636. The smallest absolute Gasteiger partial charge is 0.257 e. The van der Waals surface area contributed by atoms with E-state index in [4.69, 9.17) is 27.9 Å². The molecule has 0 spiro atoms. The van der Waals surface area contributed by atoms with Crippen LogP contribution in [0.5, 0.6) is 5.75 Å². The fraction of sp³-hybridized carbons (Fsp3) is 0.421. The molecule has 156 valence electrons. The van der Waals surface area contributed by atoms with E-state index in [-0.39, 0.29) is 5.91 Å². The van der Waals surface area contributed by atoms with Gasteiger partial charge in [0.25, 0.3) is 5.91 Å². The lowest BCUT2D eigenvalue weighted by Crippen LogP contribution is -2.44. The van der Waals surface area contributed by atoms with Crippen molar-refractivity contribution in [3.63, 3.8) is 0 Å². The molecule has 3 rings (SSSR count). The van der Waals surface area contributed by atoms with Crippen molar-refractivity contribution in [3.8, 4) is 5.75 Å². The third-order valence-corrected chi connectivity index (χ3v) is 5.53. The van der Waals surface area contributed by atoms with Crippen molar-refractivity contribution < 1.29 is 9.53 Å². The van der Waals surface area contributed by atoms with Gasteiger partial charge in [-0.1, -0.05) is 23.2 Å². The second-order valence-electron chi connectivity index (χ2n) is 6.65. The molecular formula is C19H24Cl2N6O2. The molecule has 1 aliphatic heterocycles. The van der Waals surface area contributed by atoms with Crippen molar-refractivity contribution in [3.05, 3.63) is 33.9 Å². The maximum Gasteiger partial charge on any atom is 0.257 e. The summed E-state index contributed by atoms with van der Waals surface area (Å²) >= 11 is 12.5. The molecule has 0 unspecified atom stereocenters. The van der Waals surface area contributed by atoms with Gasteiger partial charge in [-0.15, -0.1) is 0 Å². The Labute approximate surface area is 179 Å². The van der Waals surface area contributed by atoms with E-state index in [0.29, 0.717) is 57.9 Å². The van der Waals surface area contributed by atoms with Crippen LogP contribution in [0.25, 0.3) is 0 Å². The standard InChI is InChI=1S/C19H24Cl2N6O2/c1-22-11-4-6-27(7-5-11)18(28)12-8-13(20)15(9-16(12)29-3)25-19-24-10-14(21)17(23-2)26-19/h8-11,22H,4-7H2,1-3H3,(H2,23,24,25,26). The summed E-state index contributed by atoms with van der Waals surface area (Å²) in [6, 6.07) is 3.73. The van der Waals surface area contributed by atoms with Crippen LogP contribution in [0.4, 0.5) is 17.5 Å². The molecule has 0 aliphatic carbocycles. The van der Waals surface area contributed by atoms with E-state index in [1.165, 1.54) is 13.3 Å². The minimum atomic E-state index is -0.0925. The highest BCUT2D eigenvalue weighted by Crippen LogP contribution is 2.34. The molecule has 1 fully saturated rings. The first kappa shape index (κ1) is 21.4. The highest BCUT2D eigenvalue weighted by molar-refractivity contribution is 6.34. The van der Waals surface area contributed by atoms with Gasteiger partial charge in [0, 0.05) is 32.2 Å². The second kappa shape index (κ2) is 9.47. The number of nitrogens with one attached hydrogen (secondary N) is 3. The molecule has 10 heteroatoms. The monoisotopic (exact) mass is 438 g/mol. The van der Waals surface area contributed by atoms with Gasteiger partial charge in [-0.2, -0.15) is 4.98 Å². The summed E-state index contributed by atoms with van der Waals surface area (Å²) in [5.41, 5.74) is 0.956. The van der Waals surface area contributed by atoms with Crippen molar-refractivity contribution in [1.82, 2.24) is 20.2 Å². The molecule has 0 atom stereocenters. The van der Waals surface area contributed by atoms with Crippen LogP contribution in [0, 0.1) is 0 Å². The lowest BCUT2D eigenvalue weighted by atomic mass is 10.0. The first-order valence-electron chi connectivity index (χ1n) is 9.28. The number of benzene rings is 1. The van der Waals surface area contributed by atoms with Crippen LogP contribution in [0.1, 0.15) is 23.2 Å². The van der Waals surface area contributed by atoms with E-state index < -0.39 is 0 Å². The normalized spacial score (nSPS) is 14.6. The third-order valence-electron chi connectivity index (χ3n) is 4.94. The number of methoxy groups -OCH3 is 1. The number of amides is 1. The summed E-state index contributed by atoms with van der Waals surface area (Å²) in [6.45, 7) is 1.38. The van der Waals surface area contributed by atoms with Crippen LogP contribution in [-0.4, -0.2) is 61.1 Å². The zero-order valence-corrected chi connectivity index (χ0v) is 18.1. The Hall–Kier alpha value is -2.29. The van der Waals surface area contributed by atoms with Crippen molar-refractivity contribution in [2.45, 2.75) is 18.9 Å². The number of halogens is 2. The predicted molar refractivity (Wildman–Crippen MR) is 116 cm³/mol. The van der Waals surface area contributed by atoms with E-state index in [0.717, 1.165) is 12.8 Å². The number of aromatic nitrogens is 2. The summed E-state index contributed by atoms with van der Waals surface area (Å²) < 4.78 is 5.46. The first-order valence-corrected chi connectivity index (χ1v) is 10.0. The van der Waals surface area contributed by atoms with Gasteiger partial charge < -0.3 is 25.6 Å². The third kappa shape index (κ3) is 4.83. The van der Waals surface area contributed by atoms with Crippen LogP contribution in [-0.2, 0) is 0 Å². The number of piperidine rings is 1. The maximum atomic E-state index is 13.0. The van der Waals surface area contributed by atoms with E-state index in [2.05, 4.69) is 25.9 Å². The van der Waals surface area contributed by atoms with Gasteiger partial charge in [0.1, 0.15) is 16.6 Å². The molecule has 1 aliphatic rings. The van der Waals surface area contributed by atoms with E-state index >= 15 is 0 Å². The highest BCUT2D eigenvalue weighted by Gasteiger charge is 2.26. The lowest BCUT2D eigenvalue weighted by Gasteiger charge is -2.32. The number of nitrogens with zero attached hydrogens (tertiary/aromatic N) is 3. The van der Waals surface area contributed by atoms with Gasteiger partial charge in [0.2, 0.25) is 5.95 Å². The van der Waals surface area contributed by atoms with Crippen LogP contribution in [0.3, 0.4) is 0 Å². The molecule has 1 aromatic heterocycles. The molecule has 2 aromatic rings. The maximum absolute atomic E-state index is 13.0. The molecule has 1 saturated heterocycles. The summed E-state index contributed by atoms with van der Waals surface area (Å²) in [5, 5.41) is 9.97. The van der Waals surface area contributed by atoms with Crippen LogP contribution in [0.2, 0.25) is 10.0 Å². The molecule has 29 heavy (non-hydrogen) atoms. The molecule has 0 radical (unpaired) electrons.